The normalized spacial score (nSPS) is 12.7. The van der Waals surface area contributed by atoms with Crippen LogP contribution in [0.25, 0.3) is 0 Å². The second-order valence-corrected chi connectivity index (χ2v) is 4.69. The van der Waals surface area contributed by atoms with Crippen LogP contribution in [0.1, 0.15) is 11.7 Å². The average molecular weight is 246 g/mol. The number of aliphatic hydroxyl groups excluding tert-OH is 1. The van der Waals surface area contributed by atoms with Gasteiger partial charge in [0.2, 0.25) is 0 Å². The quantitative estimate of drug-likeness (QED) is 0.755. The topological polar surface area (TPSA) is 32.3 Å². The van der Waals surface area contributed by atoms with Crippen LogP contribution >= 0.6 is 23.4 Å². The van der Waals surface area contributed by atoms with Gasteiger partial charge in [0.15, 0.2) is 0 Å². The minimum Gasteiger partial charge on any atom is -0.387 e. The minimum atomic E-state index is -0.455. The summed E-state index contributed by atoms with van der Waals surface area (Å²) < 4.78 is 0. The van der Waals surface area contributed by atoms with Crippen LogP contribution in [-0.4, -0.2) is 30.2 Å². The Morgan fingerprint density at radius 2 is 2.07 bits per heavy atom. The summed E-state index contributed by atoms with van der Waals surface area (Å²) in [5, 5.41) is 13.7. The van der Waals surface area contributed by atoms with Crippen LogP contribution in [-0.2, 0) is 0 Å². The molecule has 0 aliphatic carbocycles. The van der Waals surface area contributed by atoms with Crippen LogP contribution in [0.2, 0.25) is 5.02 Å². The van der Waals surface area contributed by atoms with Crippen molar-refractivity contribution in [3.8, 4) is 0 Å². The Labute approximate surface area is 100 Å². The SMILES string of the molecule is CSCCNCC(O)c1ccc(Cl)cc1. The Morgan fingerprint density at radius 1 is 1.40 bits per heavy atom. The van der Waals surface area contributed by atoms with Gasteiger partial charge in [0.05, 0.1) is 6.10 Å². The number of hydrogen-bond donors (Lipinski definition) is 2. The molecule has 1 atom stereocenters. The van der Waals surface area contributed by atoms with E-state index in [4.69, 9.17) is 11.6 Å². The van der Waals surface area contributed by atoms with Gasteiger partial charge in [-0.25, -0.2) is 0 Å². The molecule has 0 aliphatic heterocycles. The molecule has 0 heterocycles. The summed E-state index contributed by atoms with van der Waals surface area (Å²) in [7, 11) is 0. The van der Waals surface area contributed by atoms with E-state index in [-0.39, 0.29) is 0 Å². The van der Waals surface area contributed by atoms with E-state index in [1.165, 1.54) is 0 Å². The van der Waals surface area contributed by atoms with E-state index in [0.717, 1.165) is 17.9 Å². The van der Waals surface area contributed by atoms with Gasteiger partial charge in [-0.05, 0) is 24.0 Å². The first-order valence-electron chi connectivity index (χ1n) is 4.87. The van der Waals surface area contributed by atoms with Gasteiger partial charge in [-0.3, -0.25) is 0 Å². The number of hydrogen-bond acceptors (Lipinski definition) is 3. The van der Waals surface area contributed by atoms with Crippen LogP contribution in [0.4, 0.5) is 0 Å². The average Bonchev–Trinajstić information content (AvgIpc) is 2.25. The lowest BCUT2D eigenvalue weighted by molar-refractivity contribution is 0.176. The van der Waals surface area contributed by atoms with E-state index < -0.39 is 6.10 Å². The Morgan fingerprint density at radius 3 is 2.67 bits per heavy atom. The fourth-order valence-corrected chi connectivity index (χ4v) is 1.69. The van der Waals surface area contributed by atoms with Gasteiger partial charge in [-0.1, -0.05) is 23.7 Å². The van der Waals surface area contributed by atoms with E-state index in [0.29, 0.717) is 11.6 Å². The van der Waals surface area contributed by atoms with Crippen molar-refractivity contribution < 1.29 is 5.11 Å². The van der Waals surface area contributed by atoms with Crippen molar-refractivity contribution >= 4 is 23.4 Å². The summed E-state index contributed by atoms with van der Waals surface area (Å²) in [6, 6.07) is 7.29. The van der Waals surface area contributed by atoms with Gasteiger partial charge < -0.3 is 10.4 Å². The number of benzene rings is 1. The summed E-state index contributed by atoms with van der Waals surface area (Å²) in [6.45, 7) is 1.51. The monoisotopic (exact) mass is 245 g/mol. The van der Waals surface area contributed by atoms with Gasteiger partial charge in [-0.2, -0.15) is 11.8 Å². The van der Waals surface area contributed by atoms with Crippen molar-refractivity contribution in [3.63, 3.8) is 0 Å². The first kappa shape index (κ1) is 12.8. The molecule has 0 saturated carbocycles. The summed E-state index contributed by atoms with van der Waals surface area (Å²) in [5.41, 5.74) is 0.899. The molecule has 0 bridgehead atoms. The lowest BCUT2D eigenvalue weighted by atomic mass is 10.1. The zero-order valence-electron chi connectivity index (χ0n) is 8.74. The van der Waals surface area contributed by atoms with Crippen molar-refractivity contribution in [1.29, 1.82) is 0 Å². The molecule has 15 heavy (non-hydrogen) atoms. The molecule has 0 radical (unpaired) electrons. The molecule has 1 unspecified atom stereocenters. The molecule has 0 aliphatic rings. The Hall–Kier alpha value is -0.220. The predicted molar refractivity (Wildman–Crippen MR) is 67.7 cm³/mol. The predicted octanol–water partition coefficient (Wildman–Crippen LogP) is 2.33. The second-order valence-electron chi connectivity index (χ2n) is 3.26. The van der Waals surface area contributed by atoms with Crippen LogP contribution in [0.15, 0.2) is 24.3 Å². The van der Waals surface area contributed by atoms with Gasteiger partial charge in [-0.15, -0.1) is 0 Å². The maximum absolute atomic E-state index is 9.80. The Balaban J connectivity index is 2.33. The van der Waals surface area contributed by atoms with Crippen molar-refractivity contribution in [1.82, 2.24) is 5.32 Å². The maximum Gasteiger partial charge on any atom is 0.0914 e. The number of nitrogens with one attached hydrogen (secondary N) is 1. The highest BCUT2D eigenvalue weighted by molar-refractivity contribution is 7.98. The third kappa shape index (κ3) is 4.89. The van der Waals surface area contributed by atoms with Crippen LogP contribution < -0.4 is 5.32 Å². The van der Waals surface area contributed by atoms with E-state index >= 15 is 0 Å². The van der Waals surface area contributed by atoms with Gasteiger partial charge in [0, 0.05) is 23.9 Å². The molecule has 4 heteroatoms. The molecule has 0 aromatic heterocycles. The number of halogens is 1. The molecular formula is C11H16ClNOS. The lowest BCUT2D eigenvalue weighted by Crippen LogP contribution is -2.23. The molecule has 0 spiro atoms. The Kier molecular flexibility index (Phi) is 6.10. The zero-order valence-corrected chi connectivity index (χ0v) is 10.3. The highest BCUT2D eigenvalue weighted by atomic mass is 35.5. The molecule has 0 amide bonds. The van der Waals surface area contributed by atoms with Gasteiger partial charge in [0.1, 0.15) is 0 Å². The van der Waals surface area contributed by atoms with E-state index in [1.807, 2.05) is 12.1 Å². The summed E-state index contributed by atoms with van der Waals surface area (Å²) in [6.07, 6.45) is 1.61. The van der Waals surface area contributed by atoms with Gasteiger partial charge >= 0.3 is 0 Å². The fourth-order valence-electron chi connectivity index (χ4n) is 1.22. The molecule has 2 nitrogen and oxygen atoms in total. The van der Waals surface area contributed by atoms with Crippen molar-refractivity contribution in [2.45, 2.75) is 6.10 Å². The third-order valence-electron chi connectivity index (χ3n) is 2.08. The van der Waals surface area contributed by atoms with E-state index in [9.17, 15) is 5.11 Å². The lowest BCUT2D eigenvalue weighted by Gasteiger charge is -2.11. The highest BCUT2D eigenvalue weighted by Crippen LogP contribution is 2.15. The second kappa shape index (κ2) is 7.12. The largest absolute Gasteiger partial charge is 0.387 e. The molecule has 1 aromatic carbocycles. The summed E-state index contributed by atoms with van der Waals surface area (Å²) in [4.78, 5) is 0. The molecule has 0 saturated heterocycles. The highest BCUT2D eigenvalue weighted by Gasteiger charge is 2.05. The van der Waals surface area contributed by atoms with Crippen LogP contribution in [0, 0.1) is 0 Å². The standard InChI is InChI=1S/C11H16ClNOS/c1-15-7-6-13-8-11(14)9-2-4-10(12)5-3-9/h2-5,11,13-14H,6-8H2,1H3. The number of thioether (sulfide) groups is 1. The van der Waals surface area contributed by atoms with Crippen LogP contribution in [0.3, 0.4) is 0 Å². The Bertz CT molecular complexity index is 278. The van der Waals surface area contributed by atoms with Crippen LogP contribution in [0.5, 0.6) is 0 Å². The number of rotatable bonds is 6. The van der Waals surface area contributed by atoms with Gasteiger partial charge in [0.25, 0.3) is 0 Å². The summed E-state index contributed by atoms with van der Waals surface area (Å²) in [5.74, 6) is 1.06. The fraction of sp³-hybridized carbons (Fsp3) is 0.455. The molecule has 0 fully saturated rings. The smallest absolute Gasteiger partial charge is 0.0914 e. The molecular weight excluding hydrogens is 230 g/mol. The van der Waals surface area contributed by atoms with Crippen molar-refractivity contribution in [3.05, 3.63) is 34.9 Å². The molecule has 1 aromatic rings. The molecule has 1 rings (SSSR count). The third-order valence-corrected chi connectivity index (χ3v) is 2.94. The van der Waals surface area contributed by atoms with Crippen molar-refractivity contribution in [2.75, 3.05) is 25.1 Å². The maximum atomic E-state index is 9.80. The first-order chi connectivity index (χ1) is 7.24. The minimum absolute atomic E-state index is 0.455. The molecule has 84 valence electrons. The van der Waals surface area contributed by atoms with E-state index in [2.05, 4.69) is 11.6 Å². The zero-order chi connectivity index (χ0) is 11.1. The van der Waals surface area contributed by atoms with E-state index in [1.54, 1.807) is 23.9 Å². The van der Waals surface area contributed by atoms with Crippen molar-refractivity contribution in [2.24, 2.45) is 0 Å². The summed E-state index contributed by atoms with van der Waals surface area (Å²) >= 11 is 7.55. The first-order valence-corrected chi connectivity index (χ1v) is 6.64. The molecule has 2 N–H and O–H groups in total. The number of aliphatic hydroxyl groups is 1.